The van der Waals surface area contributed by atoms with Gasteiger partial charge in [-0.15, -0.1) is 0 Å². The summed E-state index contributed by atoms with van der Waals surface area (Å²) >= 11 is 0. The summed E-state index contributed by atoms with van der Waals surface area (Å²) in [6.07, 6.45) is 1.16. The van der Waals surface area contributed by atoms with Crippen LogP contribution in [0.15, 0.2) is 58.3 Å². The molecule has 23 heavy (non-hydrogen) atoms. The van der Waals surface area contributed by atoms with E-state index in [9.17, 15) is 13.8 Å². The number of methoxy groups -OCH3 is 1. The van der Waals surface area contributed by atoms with Gasteiger partial charge < -0.3 is 4.74 Å². The Morgan fingerprint density at radius 2 is 1.70 bits per heavy atom. The molecule has 0 fully saturated rings. The molecule has 1 aliphatic rings. The van der Waals surface area contributed by atoms with E-state index in [0.29, 0.717) is 10.6 Å². The Bertz CT molecular complexity index is 863. The van der Waals surface area contributed by atoms with Gasteiger partial charge in [-0.1, -0.05) is 23.8 Å². The maximum absolute atomic E-state index is 12.7. The van der Waals surface area contributed by atoms with Crippen LogP contribution in [0.3, 0.4) is 0 Å². The zero-order valence-electron chi connectivity index (χ0n) is 12.7. The molecule has 1 atom stereocenters. The van der Waals surface area contributed by atoms with Gasteiger partial charge in [-0.3, -0.25) is 9.59 Å². The lowest BCUT2D eigenvalue weighted by atomic mass is 9.94. The molecule has 0 aromatic heterocycles. The van der Waals surface area contributed by atoms with Crippen LogP contribution in [0.2, 0.25) is 0 Å². The lowest BCUT2D eigenvalue weighted by Gasteiger charge is -2.17. The van der Waals surface area contributed by atoms with Crippen molar-refractivity contribution in [3.63, 3.8) is 0 Å². The van der Waals surface area contributed by atoms with Crippen LogP contribution in [0.4, 0.5) is 0 Å². The van der Waals surface area contributed by atoms with Gasteiger partial charge in [0, 0.05) is 16.5 Å². The molecule has 2 aromatic rings. The molecular formula is C18H14O4S. The monoisotopic (exact) mass is 326 g/mol. The van der Waals surface area contributed by atoms with Gasteiger partial charge in [-0.05, 0) is 31.2 Å². The van der Waals surface area contributed by atoms with E-state index in [4.69, 9.17) is 4.74 Å². The molecule has 0 unspecified atom stereocenters. The number of Topliss-reactive ketones (excluding diaryl/α,β-unsaturated/α-hetero) is 1. The minimum absolute atomic E-state index is 0.000365. The van der Waals surface area contributed by atoms with Crippen molar-refractivity contribution >= 4 is 22.4 Å². The lowest BCUT2D eigenvalue weighted by Crippen LogP contribution is -2.20. The summed E-state index contributed by atoms with van der Waals surface area (Å²) in [6, 6.07) is 11.9. The number of allylic oxidation sites excluding steroid dienone is 2. The van der Waals surface area contributed by atoms with Crippen LogP contribution in [-0.2, 0) is 10.8 Å². The summed E-state index contributed by atoms with van der Waals surface area (Å²) in [5.74, 6) is -0.429. The molecule has 4 nitrogen and oxygen atoms in total. The molecule has 0 bridgehead atoms. The smallest absolute Gasteiger partial charge is 0.203 e. The van der Waals surface area contributed by atoms with E-state index in [2.05, 4.69) is 0 Å². The van der Waals surface area contributed by atoms with Gasteiger partial charge in [0.15, 0.2) is 5.78 Å². The van der Waals surface area contributed by atoms with E-state index in [-0.39, 0.29) is 21.8 Å². The summed E-state index contributed by atoms with van der Waals surface area (Å²) in [5.41, 5.74) is 1.48. The first kappa shape index (κ1) is 15.4. The Kier molecular flexibility index (Phi) is 3.96. The fourth-order valence-electron chi connectivity index (χ4n) is 2.46. The van der Waals surface area contributed by atoms with Crippen molar-refractivity contribution in [2.75, 3.05) is 7.11 Å². The third-order valence-corrected chi connectivity index (χ3v) is 5.06. The molecular weight excluding hydrogens is 312 g/mol. The van der Waals surface area contributed by atoms with E-state index in [1.807, 2.05) is 19.1 Å². The van der Waals surface area contributed by atoms with Gasteiger partial charge in [0.05, 0.1) is 28.4 Å². The molecule has 5 heteroatoms. The average Bonchev–Trinajstić information content (AvgIpc) is 2.57. The second-order valence-corrected chi connectivity index (χ2v) is 6.62. The second-order valence-electron chi connectivity index (χ2n) is 5.17. The maximum atomic E-state index is 12.7. The largest absolute Gasteiger partial charge is 0.496 e. The Morgan fingerprint density at radius 1 is 1.00 bits per heavy atom. The quantitative estimate of drug-likeness (QED) is 0.870. The molecule has 0 saturated heterocycles. The number of benzene rings is 2. The molecule has 116 valence electrons. The normalized spacial score (nSPS) is 15.0. The number of ether oxygens (including phenoxy) is 1. The Balaban J connectivity index is 2.06. The first-order valence-corrected chi connectivity index (χ1v) is 8.14. The van der Waals surface area contributed by atoms with Gasteiger partial charge in [0.1, 0.15) is 5.75 Å². The standard InChI is InChI=1S/C18H14O4S/c1-11-6-8-12(9-7-11)23(21)16-10-14(19)17-13(18(16)20)4-3-5-15(17)22-2/h3-10H,1-2H3/t23-/m0/s1. The highest BCUT2D eigenvalue weighted by Crippen LogP contribution is 2.31. The summed E-state index contributed by atoms with van der Waals surface area (Å²) in [4.78, 5) is 25.5. The van der Waals surface area contributed by atoms with E-state index in [0.717, 1.165) is 11.6 Å². The van der Waals surface area contributed by atoms with Crippen molar-refractivity contribution in [3.05, 3.63) is 70.1 Å². The van der Waals surface area contributed by atoms with Crippen LogP contribution in [0.25, 0.3) is 0 Å². The van der Waals surface area contributed by atoms with Crippen LogP contribution < -0.4 is 4.74 Å². The Labute approximate surface area is 136 Å². The molecule has 0 aliphatic heterocycles. The lowest BCUT2D eigenvalue weighted by molar-refractivity contribution is 0.0988. The van der Waals surface area contributed by atoms with Crippen molar-refractivity contribution in [1.82, 2.24) is 0 Å². The van der Waals surface area contributed by atoms with Gasteiger partial charge in [-0.25, -0.2) is 4.21 Å². The zero-order chi connectivity index (χ0) is 16.6. The number of carbonyl (C=O) groups is 2. The molecule has 2 aromatic carbocycles. The predicted octanol–water partition coefficient (Wildman–Crippen LogP) is 3.07. The number of hydrogen-bond acceptors (Lipinski definition) is 4. The predicted molar refractivity (Wildman–Crippen MR) is 87.3 cm³/mol. The molecule has 0 heterocycles. The zero-order valence-corrected chi connectivity index (χ0v) is 13.5. The fraction of sp³-hybridized carbons (Fsp3) is 0.111. The van der Waals surface area contributed by atoms with Gasteiger partial charge in [0.25, 0.3) is 0 Å². The van der Waals surface area contributed by atoms with Crippen LogP contribution >= 0.6 is 0 Å². The van der Waals surface area contributed by atoms with E-state index < -0.39 is 16.6 Å². The van der Waals surface area contributed by atoms with Crippen LogP contribution in [0.1, 0.15) is 26.3 Å². The van der Waals surface area contributed by atoms with Gasteiger partial charge in [0.2, 0.25) is 5.78 Å². The van der Waals surface area contributed by atoms with Crippen molar-refractivity contribution in [2.45, 2.75) is 11.8 Å². The summed E-state index contributed by atoms with van der Waals surface area (Å²) in [6.45, 7) is 1.92. The number of carbonyl (C=O) groups excluding carboxylic acids is 2. The van der Waals surface area contributed by atoms with Crippen LogP contribution in [0, 0.1) is 6.92 Å². The number of ketones is 2. The van der Waals surface area contributed by atoms with Crippen LogP contribution in [-0.4, -0.2) is 22.9 Å². The third kappa shape index (κ3) is 2.64. The fourth-order valence-corrected chi connectivity index (χ4v) is 3.59. The molecule has 0 radical (unpaired) electrons. The first-order chi connectivity index (χ1) is 11.0. The molecule has 1 aliphatic carbocycles. The maximum Gasteiger partial charge on any atom is 0.203 e. The molecule has 0 N–H and O–H groups in total. The minimum Gasteiger partial charge on any atom is -0.496 e. The number of aryl methyl sites for hydroxylation is 1. The molecule has 0 spiro atoms. The van der Waals surface area contributed by atoms with E-state index in [1.54, 1.807) is 30.3 Å². The van der Waals surface area contributed by atoms with E-state index >= 15 is 0 Å². The molecule has 0 amide bonds. The van der Waals surface area contributed by atoms with E-state index in [1.165, 1.54) is 7.11 Å². The van der Waals surface area contributed by atoms with Crippen molar-refractivity contribution in [1.29, 1.82) is 0 Å². The molecule has 3 rings (SSSR count). The summed E-state index contributed by atoms with van der Waals surface area (Å²) < 4.78 is 17.8. The summed E-state index contributed by atoms with van der Waals surface area (Å²) in [5, 5.41) is 0. The second kappa shape index (κ2) is 5.93. The first-order valence-electron chi connectivity index (χ1n) is 6.99. The van der Waals surface area contributed by atoms with Crippen LogP contribution in [0.5, 0.6) is 5.75 Å². The van der Waals surface area contributed by atoms with Crippen molar-refractivity contribution in [2.24, 2.45) is 0 Å². The minimum atomic E-state index is -1.69. The Hall–Kier alpha value is -2.53. The highest BCUT2D eigenvalue weighted by Gasteiger charge is 2.31. The third-order valence-electron chi connectivity index (χ3n) is 3.66. The number of rotatable bonds is 3. The SMILES string of the molecule is COc1cccc2c1C(=O)C=C([S@@](=O)c1ccc(C)cc1)C2=O. The highest BCUT2D eigenvalue weighted by atomic mass is 32.2. The summed E-state index contributed by atoms with van der Waals surface area (Å²) in [7, 11) is -0.253. The number of hydrogen-bond donors (Lipinski definition) is 0. The van der Waals surface area contributed by atoms with Gasteiger partial charge in [-0.2, -0.15) is 0 Å². The highest BCUT2D eigenvalue weighted by molar-refractivity contribution is 7.90. The van der Waals surface area contributed by atoms with Crippen molar-refractivity contribution < 1.29 is 18.5 Å². The Morgan fingerprint density at radius 3 is 2.35 bits per heavy atom. The molecule has 0 saturated carbocycles. The van der Waals surface area contributed by atoms with Crippen molar-refractivity contribution in [3.8, 4) is 5.75 Å². The topological polar surface area (TPSA) is 60.4 Å². The average molecular weight is 326 g/mol. The number of fused-ring (bicyclic) bond motifs is 1. The van der Waals surface area contributed by atoms with Gasteiger partial charge >= 0.3 is 0 Å².